The number of carbonyl (C=O) groups is 1. The van der Waals surface area contributed by atoms with Crippen LogP contribution < -0.4 is 14.2 Å². The molecule has 0 aromatic heterocycles. The van der Waals surface area contributed by atoms with Gasteiger partial charge in [0.05, 0.1) is 33.9 Å². The van der Waals surface area contributed by atoms with E-state index in [2.05, 4.69) is 6.92 Å². The van der Waals surface area contributed by atoms with Gasteiger partial charge in [-0.1, -0.05) is 19.1 Å². The van der Waals surface area contributed by atoms with Crippen LogP contribution in [0.25, 0.3) is 0 Å². The molecule has 1 saturated carbocycles. The highest BCUT2D eigenvalue weighted by Gasteiger charge is 2.72. The fourth-order valence-corrected chi connectivity index (χ4v) is 5.13. The molecule has 0 spiro atoms. The fraction of sp³-hybridized carbons (Fsp3) is 0.571. The first-order valence-electron chi connectivity index (χ1n) is 8.98. The topological polar surface area (TPSA) is 54.0 Å². The zero-order valence-corrected chi connectivity index (χ0v) is 16.6. The Hall–Kier alpha value is -2.17. The number of hydrogen-bond acceptors (Lipinski definition) is 5. The van der Waals surface area contributed by atoms with Gasteiger partial charge in [-0.15, -0.1) is 0 Å². The summed E-state index contributed by atoms with van der Waals surface area (Å²) in [5.41, 5.74) is 2.42. The van der Waals surface area contributed by atoms with Crippen LogP contribution >= 0.6 is 0 Å². The lowest BCUT2D eigenvalue weighted by Crippen LogP contribution is -2.18. The molecule has 1 fully saturated rings. The molecular formula is C21H28O5. The van der Waals surface area contributed by atoms with E-state index in [1.807, 2.05) is 26.0 Å². The van der Waals surface area contributed by atoms with Gasteiger partial charge in [-0.25, -0.2) is 0 Å². The Morgan fingerprint density at radius 2 is 1.65 bits per heavy atom. The predicted octanol–water partition coefficient (Wildman–Crippen LogP) is 3.98. The van der Waals surface area contributed by atoms with Crippen LogP contribution in [0.4, 0.5) is 0 Å². The second kappa shape index (κ2) is 6.53. The third-order valence-corrected chi connectivity index (χ3v) is 6.09. The minimum atomic E-state index is -0.623. The molecule has 5 heteroatoms. The molecule has 4 atom stereocenters. The number of hydrogen-bond donors (Lipinski definition) is 0. The van der Waals surface area contributed by atoms with E-state index in [0.29, 0.717) is 5.75 Å². The van der Waals surface area contributed by atoms with Gasteiger partial charge in [-0.05, 0) is 32.1 Å². The highest BCUT2D eigenvalue weighted by atomic mass is 16.5. The predicted molar refractivity (Wildman–Crippen MR) is 99.4 cm³/mol. The van der Waals surface area contributed by atoms with Crippen LogP contribution in [0.1, 0.15) is 48.8 Å². The Morgan fingerprint density at radius 3 is 2.15 bits per heavy atom. The number of esters is 1. The molecule has 0 bridgehead atoms. The van der Waals surface area contributed by atoms with Gasteiger partial charge < -0.3 is 18.9 Å². The van der Waals surface area contributed by atoms with Gasteiger partial charge in [-0.3, -0.25) is 4.79 Å². The summed E-state index contributed by atoms with van der Waals surface area (Å²) >= 11 is 0. The normalized spacial score (nSPS) is 29.0. The molecule has 26 heavy (non-hydrogen) atoms. The maximum atomic E-state index is 12.8. The minimum absolute atomic E-state index is 0.0332. The molecule has 0 amide bonds. The van der Waals surface area contributed by atoms with Crippen molar-refractivity contribution in [2.24, 2.45) is 11.3 Å². The van der Waals surface area contributed by atoms with Crippen LogP contribution in [0, 0.1) is 18.3 Å². The number of allylic oxidation sites excluding steroid dienone is 1. The first-order valence-corrected chi connectivity index (χ1v) is 8.98. The molecule has 1 aromatic rings. The van der Waals surface area contributed by atoms with E-state index in [4.69, 9.17) is 18.9 Å². The lowest BCUT2D eigenvalue weighted by molar-refractivity contribution is -0.145. The van der Waals surface area contributed by atoms with Crippen molar-refractivity contribution in [1.82, 2.24) is 0 Å². The summed E-state index contributed by atoms with van der Waals surface area (Å²) < 4.78 is 22.4. The van der Waals surface area contributed by atoms with Crippen molar-refractivity contribution in [3.63, 3.8) is 0 Å². The number of benzene rings is 1. The highest BCUT2D eigenvalue weighted by Crippen LogP contribution is 2.75. The number of rotatable bonds is 5. The molecule has 0 saturated heterocycles. The Morgan fingerprint density at radius 1 is 1.04 bits per heavy atom. The van der Waals surface area contributed by atoms with Gasteiger partial charge in [0, 0.05) is 22.6 Å². The smallest absolute Gasteiger partial charge is 0.316 e. The van der Waals surface area contributed by atoms with Gasteiger partial charge in [0.15, 0.2) is 11.5 Å². The summed E-state index contributed by atoms with van der Waals surface area (Å²) in [6, 6.07) is 0. The van der Waals surface area contributed by atoms with Crippen LogP contribution in [-0.2, 0) is 9.53 Å². The van der Waals surface area contributed by atoms with E-state index in [1.165, 1.54) is 7.11 Å². The van der Waals surface area contributed by atoms with Crippen molar-refractivity contribution in [3.8, 4) is 17.2 Å². The molecular weight excluding hydrogens is 332 g/mol. The molecule has 3 rings (SSSR count). The van der Waals surface area contributed by atoms with Gasteiger partial charge >= 0.3 is 5.97 Å². The number of fused-ring (bicyclic) bond motifs is 3. The summed E-state index contributed by atoms with van der Waals surface area (Å²) in [6.07, 6.45) is 4.84. The molecule has 2 aliphatic carbocycles. The molecule has 0 aliphatic heterocycles. The van der Waals surface area contributed by atoms with Crippen molar-refractivity contribution in [2.45, 2.75) is 39.0 Å². The average molecular weight is 360 g/mol. The SMILES string of the molecule is C/C=C/C1(C(=O)OC)[C@@H]2C[C@@H](C)c3c(OC)c(OC)c(C)c(OC)c3[C@@H]21. The second-order valence-electron chi connectivity index (χ2n) is 7.20. The van der Waals surface area contributed by atoms with E-state index < -0.39 is 5.41 Å². The van der Waals surface area contributed by atoms with Crippen molar-refractivity contribution < 1.29 is 23.7 Å². The zero-order valence-electron chi connectivity index (χ0n) is 16.6. The zero-order chi connectivity index (χ0) is 19.2. The third kappa shape index (κ3) is 2.19. The maximum Gasteiger partial charge on any atom is 0.316 e. The number of ether oxygens (including phenoxy) is 4. The lowest BCUT2D eigenvalue weighted by Gasteiger charge is -2.28. The Kier molecular flexibility index (Phi) is 4.67. The van der Waals surface area contributed by atoms with Crippen LogP contribution in [0.15, 0.2) is 12.2 Å². The molecule has 5 nitrogen and oxygen atoms in total. The molecule has 1 unspecified atom stereocenters. The first kappa shape index (κ1) is 18.6. The van der Waals surface area contributed by atoms with Crippen molar-refractivity contribution in [3.05, 3.63) is 28.8 Å². The molecule has 1 aromatic carbocycles. The van der Waals surface area contributed by atoms with Crippen LogP contribution in [0.5, 0.6) is 17.2 Å². The quantitative estimate of drug-likeness (QED) is 0.587. The number of carbonyl (C=O) groups excluding carboxylic acids is 1. The Bertz CT molecular complexity index is 766. The summed E-state index contributed by atoms with van der Waals surface area (Å²) in [4.78, 5) is 12.8. The van der Waals surface area contributed by atoms with Crippen molar-refractivity contribution in [2.75, 3.05) is 28.4 Å². The molecule has 142 valence electrons. The average Bonchev–Trinajstić information content (AvgIpc) is 3.27. The number of methoxy groups -OCH3 is 4. The van der Waals surface area contributed by atoms with Crippen LogP contribution in [0.3, 0.4) is 0 Å². The van der Waals surface area contributed by atoms with Crippen LogP contribution in [-0.4, -0.2) is 34.4 Å². The summed E-state index contributed by atoms with van der Waals surface area (Å²) in [5, 5.41) is 0. The van der Waals surface area contributed by atoms with E-state index in [0.717, 1.165) is 34.6 Å². The highest BCUT2D eigenvalue weighted by molar-refractivity contribution is 5.87. The summed E-state index contributed by atoms with van der Waals surface area (Å²) in [5.74, 6) is 2.52. The van der Waals surface area contributed by atoms with Crippen molar-refractivity contribution >= 4 is 5.97 Å². The standard InChI is InChI=1S/C21H28O5/c1-8-9-21(20(22)26-7)13-10-11(2)14-15(16(13)21)17(23-4)12(3)18(24-5)19(14)25-6/h8-9,11,13,16H,10H2,1-7H3/b9-8+/t11-,13-,16-,21?/m1/s1. The van der Waals surface area contributed by atoms with Gasteiger partial charge in [0.25, 0.3) is 0 Å². The minimum Gasteiger partial charge on any atom is -0.496 e. The van der Waals surface area contributed by atoms with Crippen LogP contribution in [0.2, 0.25) is 0 Å². The first-order chi connectivity index (χ1) is 12.4. The molecule has 0 heterocycles. The maximum absolute atomic E-state index is 12.8. The summed E-state index contributed by atoms with van der Waals surface area (Å²) in [6.45, 7) is 6.07. The van der Waals surface area contributed by atoms with Crippen molar-refractivity contribution in [1.29, 1.82) is 0 Å². The second-order valence-corrected chi connectivity index (χ2v) is 7.20. The van der Waals surface area contributed by atoms with Gasteiger partial charge in [0.2, 0.25) is 0 Å². The fourth-order valence-electron chi connectivity index (χ4n) is 5.13. The van der Waals surface area contributed by atoms with E-state index in [9.17, 15) is 4.79 Å². The van der Waals surface area contributed by atoms with E-state index in [1.54, 1.807) is 21.3 Å². The van der Waals surface area contributed by atoms with Gasteiger partial charge in [-0.2, -0.15) is 0 Å². The monoisotopic (exact) mass is 360 g/mol. The lowest BCUT2D eigenvalue weighted by atomic mass is 9.81. The largest absolute Gasteiger partial charge is 0.496 e. The Balaban J connectivity index is 2.32. The van der Waals surface area contributed by atoms with Gasteiger partial charge in [0.1, 0.15) is 5.75 Å². The Labute approximate surface area is 155 Å². The molecule has 2 aliphatic rings. The molecule has 0 N–H and O–H groups in total. The molecule has 0 radical (unpaired) electrons. The van der Waals surface area contributed by atoms with E-state index >= 15 is 0 Å². The third-order valence-electron chi connectivity index (χ3n) is 6.09. The van der Waals surface area contributed by atoms with E-state index in [-0.39, 0.29) is 23.7 Å². The summed E-state index contributed by atoms with van der Waals surface area (Å²) in [7, 11) is 6.43.